The maximum atomic E-state index is 13.6. The van der Waals surface area contributed by atoms with E-state index in [9.17, 15) is 9.18 Å². The predicted octanol–water partition coefficient (Wildman–Crippen LogP) is 5.55. The Morgan fingerprint density at radius 2 is 1.86 bits per heavy atom. The van der Waals surface area contributed by atoms with Gasteiger partial charge in [-0.15, -0.1) is 0 Å². The van der Waals surface area contributed by atoms with Crippen molar-refractivity contribution in [1.82, 2.24) is 0 Å². The zero-order valence-corrected chi connectivity index (χ0v) is 13.6. The summed E-state index contributed by atoms with van der Waals surface area (Å²) < 4.78 is 14.2. The molecule has 1 N–H and O–H groups in total. The van der Waals surface area contributed by atoms with E-state index in [-0.39, 0.29) is 5.69 Å². The van der Waals surface area contributed by atoms with E-state index >= 15 is 0 Å². The van der Waals surface area contributed by atoms with Crippen molar-refractivity contribution in [3.8, 4) is 0 Å². The molecule has 6 heteroatoms. The lowest BCUT2D eigenvalue weighted by Crippen LogP contribution is -2.09. The van der Waals surface area contributed by atoms with Gasteiger partial charge >= 0.3 is 0 Å². The summed E-state index contributed by atoms with van der Waals surface area (Å²) in [6.07, 6.45) is 2.73. The molecule has 21 heavy (non-hydrogen) atoms. The van der Waals surface area contributed by atoms with Crippen molar-refractivity contribution in [2.45, 2.75) is 0 Å². The van der Waals surface area contributed by atoms with E-state index in [0.717, 1.165) is 0 Å². The number of carbonyl (C=O) groups excluding carboxylic acids is 1. The van der Waals surface area contributed by atoms with Crippen LogP contribution in [0.4, 0.5) is 10.1 Å². The lowest BCUT2D eigenvalue weighted by molar-refractivity contribution is -0.111. The van der Waals surface area contributed by atoms with Crippen molar-refractivity contribution in [3.63, 3.8) is 0 Å². The van der Waals surface area contributed by atoms with E-state index in [1.165, 1.54) is 24.3 Å². The highest BCUT2D eigenvalue weighted by atomic mass is 79.9. The van der Waals surface area contributed by atoms with Crippen molar-refractivity contribution in [2.75, 3.05) is 5.32 Å². The van der Waals surface area contributed by atoms with Crippen LogP contribution in [0.5, 0.6) is 0 Å². The second-order valence-electron chi connectivity index (χ2n) is 4.08. The number of amides is 1. The highest BCUT2D eigenvalue weighted by molar-refractivity contribution is 9.10. The molecule has 0 atom stereocenters. The molecule has 0 aliphatic carbocycles. The predicted molar refractivity (Wildman–Crippen MR) is 88.2 cm³/mol. The quantitative estimate of drug-likeness (QED) is 0.686. The number of benzene rings is 2. The minimum absolute atomic E-state index is 0.0955. The van der Waals surface area contributed by atoms with Gasteiger partial charge in [0.15, 0.2) is 0 Å². The zero-order valence-electron chi connectivity index (χ0n) is 10.5. The summed E-state index contributed by atoms with van der Waals surface area (Å²) in [5.41, 5.74) is 0.630. The molecule has 108 valence electrons. The van der Waals surface area contributed by atoms with Gasteiger partial charge in [-0.3, -0.25) is 4.79 Å². The molecule has 1 amide bonds. The van der Waals surface area contributed by atoms with Gasteiger partial charge in [0.1, 0.15) is 5.82 Å². The van der Waals surface area contributed by atoms with Crippen LogP contribution in [-0.2, 0) is 4.79 Å². The summed E-state index contributed by atoms with van der Waals surface area (Å²) >= 11 is 15.1. The average molecular weight is 389 g/mol. The van der Waals surface area contributed by atoms with Crippen molar-refractivity contribution >= 4 is 56.8 Å². The van der Waals surface area contributed by atoms with Crippen LogP contribution < -0.4 is 5.32 Å². The molecule has 0 radical (unpaired) electrons. The van der Waals surface area contributed by atoms with Gasteiger partial charge < -0.3 is 5.32 Å². The van der Waals surface area contributed by atoms with E-state index in [0.29, 0.717) is 20.1 Å². The van der Waals surface area contributed by atoms with Crippen LogP contribution >= 0.6 is 39.1 Å². The molecule has 2 nitrogen and oxygen atoms in total. The number of nitrogens with one attached hydrogen (secondary N) is 1. The molecule has 0 aliphatic heterocycles. The number of hydrogen-bond acceptors (Lipinski definition) is 1. The highest BCUT2D eigenvalue weighted by Gasteiger charge is 2.06. The Morgan fingerprint density at radius 1 is 1.19 bits per heavy atom. The van der Waals surface area contributed by atoms with E-state index in [1.807, 2.05) is 0 Å². The summed E-state index contributed by atoms with van der Waals surface area (Å²) in [5, 5.41) is 3.30. The van der Waals surface area contributed by atoms with E-state index in [4.69, 9.17) is 23.2 Å². The van der Waals surface area contributed by atoms with Gasteiger partial charge in [0.05, 0.1) is 5.69 Å². The van der Waals surface area contributed by atoms with Crippen LogP contribution in [0.2, 0.25) is 10.0 Å². The molecule has 2 aromatic carbocycles. The molecule has 0 heterocycles. The van der Waals surface area contributed by atoms with Crippen LogP contribution in [0.25, 0.3) is 6.08 Å². The monoisotopic (exact) mass is 387 g/mol. The van der Waals surface area contributed by atoms with Gasteiger partial charge in [-0.2, -0.15) is 0 Å². The first-order valence-electron chi connectivity index (χ1n) is 5.85. The van der Waals surface area contributed by atoms with Gasteiger partial charge in [-0.25, -0.2) is 4.39 Å². The van der Waals surface area contributed by atoms with Crippen LogP contribution in [-0.4, -0.2) is 5.91 Å². The molecule has 0 spiro atoms. The lowest BCUT2D eigenvalue weighted by atomic mass is 10.2. The molecule has 0 saturated carbocycles. The minimum atomic E-state index is -0.526. The van der Waals surface area contributed by atoms with E-state index in [1.54, 1.807) is 24.3 Å². The van der Waals surface area contributed by atoms with E-state index in [2.05, 4.69) is 21.2 Å². The van der Waals surface area contributed by atoms with Gasteiger partial charge in [0.2, 0.25) is 5.91 Å². The third-order valence-electron chi connectivity index (χ3n) is 2.59. The lowest BCUT2D eigenvalue weighted by Gasteiger charge is -2.04. The Morgan fingerprint density at radius 3 is 2.48 bits per heavy atom. The maximum absolute atomic E-state index is 13.6. The first-order valence-corrected chi connectivity index (χ1v) is 7.40. The summed E-state index contributed by atoms with van der Waals surface area (Å²) in [4.78, 5) is 11.8. The first kappa shape index (κ1) is 16.0. The third kappa shape index (κ3) is 4.30. The molecule has 0 saturated heterocycles. The fourth-order valence-corrected chi connectivity index (χ4v) is 2.45. The summed E-state index contributed by atoms with van der Waals surface area (Å²) in [7, 11) is 0. The molecule has 0 fully saturated rings. The molecule has 0 aliphatic rings. The van der Waals surface area contributed by atoms with Crippen LogP contribution in [0, 0.1) is 5.82 Å². The molecular formula is C15H9BrCl2FNO. The second-order valence-corrected chi connectivity index (χ2v) is 5.81. The Kier molecular flexibility index (Phi) is 5.39. The Balaban J connectivity index is 2.13. The van der Waals surface area contributed by atoms with Gasteiger partial charge in [0.25, 0.3) is 0 Å². The largest absolute Gasteiger partial charge is 0.320 e. The normalized spacial score (nSPS) is 10.9. The molecule has 0 unspecified atom stereocenters. The Hall–Kier alpha value is -1.36. The van der Waals surface area contributed by atoms with Crippen LogP contribution in [0.3, 0.4) is 0 Å². The topological polar surface area (TPSA) is 29.1 Å². The third-order valence-corrected chi connectivity index (χ3v) is 3.74. The number of halogens is 4. The zero-order chi connectivity index (χ0) is 15.4. The summed E-state index contributed by atoms with van der Waals surface area (Å²) in [5.74, 6) is -1.01. The standard InChI is InChI=1S/C15H9BrCl2FNO/c16-9-4-6-14(13(19)8-9)20-15(21)7-5-10-11(17)2-1-3-12(10)18/h1-8H,(H,20,21)/b7-5+. The Labute approximate surface area is 139 Å². The number of anilines is 1. The molecule has 2 rings (SSSR count). The Bertz CT molecular complexity index is 699. The maximum Gasteiger partial charge on any atom is 0.248 e. The van der Waals surface area contributed by atoms with Gasteiger partial charge in [-0.05, 0) is 36.4 Å². The minimum Gasteiger partial charge on any atom is -0.320 e. The fourth-order valence-electron chi connectivity index (χ4n) is 1.59. The molecule has 0 bridgehead atoms. The van der Waals surface area contributed by atoms with Gasteiger partial charge in [0, 0.05) is 26.2 Å². The van der Waals surface area contributed by atoms with E-state index < -0.39 is 11.7 Å². The summed E-state index contributed by atoms with van der Waals surface area (Å²) in [6, 6.07) is 9.41. The van der Waals surface area contributed by atoms with Crippen LogP contribution in [0.1, 0.15) is 5.56 Å². The number of rotatable bonds is 3. The van der Waals surface area contributed by atoms with Crippen molar-refractivity contribution < 1.29 is 9.18 Å². The van der Waals surface area contributed by atoms with Crippen molar-refractivity contribution in [3.05, 3.63) is 68.4 Å². The van der Waals surface area contributed by atoms with Gasteiger partial charge in [-0.1, -0.05) is 45.2 Å². The molecular weight excluding hydrogens is 380 g/mol. The number of carbonyl (C=O) groups is 1. The highest BCUT2D eigenvalue weighted by Crippen LogP contribution is 2.25. The summed E-state index contributed by atoms with van der Waals surface area (Å²) in [6.45, 7) is 0. The smallest absolute Gasteiger partial charge is 0.248 e. The van der Waals surface area contributed by atoms with Crippen LogP contribution in [0.15, 0.2) is 46.9 Å². The second kappa shape index (κ2) is 7.07. The fraction of sp³-hybridized carbons (Fsp3) is 0. The SMILES string of the molecule is O=C(/C=C/c1c(Cl)cccc1Cl)Nc1ccc(Br)cc1F. The number of hydrogen-bond donors (Lipinski definition) is 1. The molecule has 2 aromatic rings. The van der Waals surface area contributed by atoms with Crippen molar-refractivity contribution in [1.29, 1.82) is 0 Å². The van der Waals surface area contributed by atoms with Crippen molar-refractivity contribution in [2.24, 2.45) is 0 Å². The average Bonchev–Trinajstić information content (AvgIpc) is 2.41. The first-order chi connectivity index (χ1) is 9.97. The molecule has 0 aromatic heterocycles.